The van der Waals surface area contributed by atoms with Gasteiger partial charge in [0.05, 0.1) is 12.3 Å². The number of sulfonamides is 1. The Labute approximate surface area is 129 Å². The maximum Gasteiger partial charge on any atom is 0.274 e. The van der Waals surface area contributed by atoms with Gasteiger partial charge in [-0.15, -0.1) is 0 Å². The number of aromatic nitrogens is 2. The topological polar surface area (TPSA) is 86.4 Å². The number of imidazole rings is 1. The van der Waals surface area contributed by atoms with E-state index < -0.39 is 16.1 Å². The van der Waals surface area contributed by atoms with Crippen LogP contribution in [0.15, 0.2) is 40.3 Å². The van der Waals surface area contributed by atoms with Gasteiger partial charge in [0.25, 0.3) is 10.0 Å². The Balaban J connectivity index is 1.90. The van der Waals surface area contributed by atoms with E-state index in [9.17, 15) is 8.42 Å². The molecule has 0 spiro atoms. The number of nitrogens with zero attached hydrogens (tertiary/aromatic N) is 2. The van der Waals surface area contributed by atoms with E-state index in [-0.39, 0.29) is 11.0 Å². The number of nitrogens with one attached hydrogen (secondary N) is 1. The first-order valence-corrected chi connectivity index (χ1v) is 8.67. The molecule has 2 aromatic rings. The Bertz CT molecular complexity index is 702. The summed E-state index contributed by atoms with van der Waals surface area (Å²) in [5.41, 5.74) is 0. The minimum atomic E-state index is -3.72. The maximum atomic E-state index is 12.5. The predicted molar refractivity (Wildman–Crippen MR) is 78.5 cm³/mol. The van der Waals surface area contributed by atoms with Crippen molar-refractivity contribution in [3.05, 3.63) is 36.6 Å². The smallest absolute Gasteiger partial charge is 0.274 e. The van der Waals surface area contributed by atoms with Gasteiger partial charge in [0.2, 0.25) is 5.09 Å². The van der Waals surface area contributed by atoms with E-state index in [1.165, 1.54) is 12.3 Å². The number of furan rings is 1. The second kappa shape index (κ2) is 6.23. The molecule has 0 amide bonds. The van der Waals surface area contributed by atoms with Crippen molar-refractivity contribution < 1.29 is 17.6 Å². The van der Waals surface area contributed by atoms with E-state index >= 15 is 0 Å². The zero-order valence-corrected chi connectivity index (χ0v) is 13.1. The lowest BCUT2D eigenvalue weighted by Crippen LogP contribution is -2.37. The Kier molecular flexibility index (Phi) is 4.32. The summed E-state index contributed by atoms with van der Waals surface area (Å²) in [5, 5.41) is -0.0845. The molecular formula is C14H19N3O4S. The molecule has 22 heavy (non-hydrogen) atoms. The third-order valence-corrected chi connectivity index (χ3v) is 5.24. The van der Waals surface area contributed by atoms with Gasteiger partial charge in [-0.1, -0.05) is 0 Å². The quantitative estimate of drug-likeness (QED) is 0.899. The van der Waals surface area contributed by atoms with E-state index in [4.69, 9.17) is 9.15 Å². The molecule has 1 atom stereocenters. The second-order valence-corrected chi connectivity index (χ2v) is 7.02. The summed E-state index contributed by atoms with van der Waals surface area (Å²) in [5.74, 6) is 0.835. The molecule has 0 saturated carbocycles. The molecule has 8 heteroatoms. The van der Waals surface area contributed by atoms with Gasteiger partial charge in [-0.2, -0.15) is 4.72 Å². The van der Waals surface area contributed by atoms with E-state index in [0.29, 0.717) is 19.0 Å². The van der Waals surface area contributed by atoms with E-state index in [0.717, 1.165) is 12.8 Å². The Morgan fingerprint density at radius 1 is 1.41 bits per heavy atom. The monoisotopic (exact) mass is 325 g/mol. The Morgan fingerprint density at radius 2 is 2.18 bits per heavy atom. The molecule has 1 aliphatic rings. The summed E-state index contributed by atoms with van der Waals surface area (Å²) in [6.45, 7) is 1.27. The van der Waals surface area contributed by atoms with E-state index in [2.05, 4.69) is 9.71 Å². The highest BCUT2D eigenvalue weighted by atomic mass is 32.2. The first-order chi connectivity index (χ1) is 10.6. The van der Waals surface area contributed by atoms with Crippen molar-refractivity contribution in [2.24, 2.45) is 13.0 Å². The summed E-state index contributed by atoms with van der Waals surface area (Å²) in [6, 6.07) is 2.58. The molecule has 3 heterocycles. The number of ether oxygens (including phenoxy) is 1. The molecule has 1 fully saturated rings. The zero-order chi connectivity index (χ0) is 15.6. The third-order valence-electron chi connectivity index (χ3n) is 3.92. The number of rotatable bonds is 5. The van der Waals surface area contributed by atoms with Crippen molar-refractivity contribution in [3.63, 3.8) is 0 Å². The minimum Gasteiger partial charge on any atom is -0.452 e. The predicted octanol–water partition coefficient (Wildman–Crippen LogP) is 1.46. The van der Waals surface area contributed by atoms with Gasteiger partial charge >= 0.3 is 0 Å². The SMILES string of the molecule is Cn1ccnc1C(NS(=O)(=O)c1ccco1)C1CCOCC1. The van der Waals surface area contributed by atoms with Gasteiger partial charge in [0.15, 0.2) is 0 Å². The van der Waals surface area contributed by atoms with Crippen LogP contribution in [0.3, 0.4) is 0 Å². The molecule has 3 rings (SSSR count). The van der Waals surface area contributed by atoms with Crippen LogP contribution in [0.5, 0.6) is 0 Å². The maximum absolute atomic E-state index is 12.5. The Hall–Kier alpha value is -1.64. The van der Waals surface area contributed by atoms with Crippen molar-refractivity contribution in [1.29, 1.82) is 0 Å². The van der Waals surface area contributed by atoms with Crippen LogP contribution >= 0.6 is 0 Å². The largest absolute Gasteiger partial charge is 0.452 e. The van der Waals surface area contributed by atoms with Gasteiger partial charge in [-0.25, -0.2) is 13.4 Å². The molecule has 0 bridgehead atoms. The normalized spacial score (nSPS) is 18.4. The van der Waals surface area contributed by atoms with Crippen LogP contribution < -0.4 is 4.72 Å². The second-order valence-electron chi connectivity index (χ2n) is 5.38. The van der Waals surface area contributed by atoms with Crippen molar-refractivity contribution in [2.75, 3.05) is 13.2 Å². The number of hydrogen-bond donors (Lipinski definition) is 1. The fourth-order valence-electron chi connectivity index (χ4n) is 2.73. The van der Waals surface area contributed by atoms with Crippen LogP contribution in [0, 0.1) is 5.92 Å². The average Bonchev–Trinajstić information content (AvgIpc) is 3.17. The highest BCUT2D eigenvalue weighted by Gasteiger charge is 2.33. The van der Waals surface area contributed by atoms with E-state index in [1.807, 2.05) is 17.8 Å². The summed E-state index contributed by atoms with van der Waals surface area (Å²) in [6.07, 6.45) is 6.40. The van der Waals surface area contributed by atoms with Crippen LogP contribution in [0.25, 0.3) is 0 Å². The molecule has 2 aromatic heterocycles. The van der Waals surface area contributed by atoms with Crippen molar-refractivity contribution >= 4 is 10.0 Å². The third kappa shape index (κ3) is 3.08. The van der Waals surface area contributed by atoms with Crippen LogP contribution in [-0.4, -0.2) is 31.2 Å². The van der Waals surface area contributed by atoms with E-state index in [1.54, 1.807) is 12.3 Å². The summed E-state index contributed by atoms with van der Waals surface area (Å²) in [4.78, 5) is 4.32. The average molecular weight is 325 g/mol. The van der Waals surface area contributed by atoms with Crippen LogP contribution in [0.1, 0.15) is 24.7 Å². The summed E-state index contributed by atoms with van der Waals surface area (Å²) >= 11 is 0. The van der Waals surface area contributed by atoms with Gasteiger partial charge in [0, 0.05) is 32.7 Å². The molecule has 0 aliphatic carbocycles. The molecule has 1 N–H and O–H groups in total. The summed E-state index contributed by atoms with van der Waals surface area (Å²) < 4.78 is 40.0. The molecular weight excluding hydrogens is 306 g/mol. The minimum absolute atomic E-state index is 0.0845. The van der Waals surface area contributed by atoms with Crippen LogP contribution in [0.4, 0.5) is 0 Å². The van der Waals surface area contributed by atoms with Gasteiger partial charge < -0.3 is 13.7 Å². The molecule has 0 aromatic carbocycles. The van der Waals surface area contributed by atoms with Crippen LogP contribution in [0.2, 0.25) is 0 Å². The standard InChI is InChI=1S/C14H19N3O4S/c1-17-7-6-15-14(17)13(11-4-9-20-10-5-11)16-22(18,19)12-3-2-8-21-12/h2-3,6-8,11,13,16H,4-5,9-10H2,1H3. The number of hydrogen-bond acceptors (Lipinski definition) is 5. The highest BCUT2D eigenvalue weighted by Crippen LogP contribution is 2.30. The van der Waals surface area contributed by atoms with Gasteiger partial charge in [-0.05, 0) is 30.9 Å². The van der Waals surface area contributed by atoms with Crippen molar-refractivity contribution in [3.8, 4) is 0 Å². The lowest BCUT2D eigenvalue weighted by Gasteiger charge is -2.30. The first kappa shape index (κ1) is 15.3. The summed E-state index contributed by atoms with van der Waals surface area (Å²) in [7, 11) is -1.86. The highest BCUT2D eigenvalue weighted by molar-refractivity contribution is 7.89. The molecule has 7 nitrogen and oxygen atoms in total. The number of aryl methyl sites for hydroxylation is 1. The fraction of sp³-hybridized carbons (Fsp3) is 0.500. The molecule has 1 aliphatic heterocycles. The molecule has 0 radical (unpaired) electrons. The first-order valence-electron chi connectivity index (χ1n) is 7.19. The lowest BCUT2D eigenvalue weighted by molar-refractivity contribution is 0.0550. The van der Waals surface area contributed by atoms with Gasteiger partial charge in [-0.3, -0.25) is 0 Å². The van der Waals surface area contributed by atoms with Crippen molar-refractivity contribution in [2.45, 2.75) is 24.0 Å². The fourth-order valence-corrected chi connectivity index (χ4v) is 3.92. The van der Waals surface area contributed by atoms with Gasteiger partial charge in [0.1, 0.15) is 5.82 Å². The molecule has 1 unspecified atom stereocenters. The Morgan fingerprint density at radius 3 is 2.77 bits per heavy atom. The molecule has 120 valence electrons. The van der Waals surface area contributed by atoms with Crippen LogP contribution in [-0.2, 0) is 21.8 Å². The zero-order valence-electron chi connectivity index (χ0n) is 12.3. The van der Waals surface area contributed by atoms with Crippen molar-refractivity contribution in [1.82, 2.24) is 14.3 Å². The molecule has 1 saturated heterocycles. The lowest BCUT2D eigenvalue weighted by atomic mass is 9.92.